The number of benzene rings is 1. The fraction of sp³-hybridized carbons (Fsp3) is 0.412. The molecule has 1 aliphatic carbocycles. The van der Waals surface area contributed by atoms with E-state index in [1.54, 1.807) is 0 Å². The lowest BCUT2D eigenvalue weighted by atomic mass is 9.90. The molecule has 4 rings (SSSR count). The van der Waals surface area contributed by atoms with Crippen LogP contribution in [0.3, 0.4) is 0 Å². The molecule has 2 aliphatic rings. The highest BCUT2D eigenvalue weighted by Gasteiger charge is 2.28. The van der Waals surface area contributed by atoms with Gasteiger partial charge in [-0.3, -0.25) is 4.79 Å². The summed E-state index contributed by atoms with van der Waals surface area (Å²) in [5, 5.41) is 2.31. The molecule has 1 aliphatic heterocycles. The van der Waals surface area contributed by atoms with Crippen molar-refractivity contribution in [1.29, 1.82) is 0 Å². The van der Waals surface area contributed by atoms with E-state index in [2.05, 4.69) is 28.1 Å². The van der Waals surface area contributed by atoms with Crippen molar-refractivity contribution < 1.29 is 4.79 Å². The first-order valence-electron chi connectivity index (χ1n) is 7.68. The summed E-state index contributed by atoms with van der Waals surface area (Å²) < 4.78 is 0. The molecule has 0 radical (unpaired) electrons. The molecule has 0 saturated heterocycles. The molecule has 4 nitrogen and oxygen atoms in total. The minimum absolute atomic E-state index is 0.412. The Morgan fingerprint density at radius 1 is 1.19 bits per heavy atom. The second kappa shape index (κ2) is 4.72. The Hall–Kier alpha value is -2.10. The zero-order valence-corrected chi connectivity index (χ0v) is 12.0. The Morgan fingerprint density at radius 3 is 2.81 bits per heavy atom. The van der Waals surface area contributed by atoms with Crippen molar-refractivity contribution >= 4 is 28.1 Å². The van der Waals surface area contributed by atoms with Gasteiger partial charge in [0.2, 0.25) is 0 Å². The van der Waals surface area contributed by atoms with Crippen LogP contribution in [0.15, 0.2) is 24.4 Å². The van der Waals surface area contributed by atoms with Gasteiger partial charge >= 0.3 is 0 Å². The number of ketones is 1. The average Bonchev–Trinajstić information content (AvgIpc) is 2.52. The molecule has 2 aromatic rings. The molecule has 1 fully saturated rings. The number of pyridine rings is 1. The van der Waals surface area contributed by atoms with Crippen LogP contribution in [0.2, 0.25) is 0 Å². The zero-order valence-electron chi connectivity index (χ0n) is 12.0. The van der Waals surface area contributed by atoms with Crippen molar-refractivity contribution in [3.8, 4) is 0 Å². The maximum atomic E-state index is 11.5. The predicted octanol–water partition coefficient (Wildman–Crippen LogP) is 2.69. The van der Waals surface area contributed by atoms with Gasteiger partial charge < -0.3 is 10.6 Å². The normalized spacial score (nSPS) is 19.2. The summed E-state index contributed by atoms with van der Waals surface area (Å²) in [6, 6.07) is 6.78. The highest BCUT2D eigenvalue weighted by atomic mass is 16.1. The summed E-state index contributed by atoms with van der Waals surface area (Å²) in [5.74, 6) is 1.02. The van der Waals surface area contributed by atoms with Crippen LogP contribution in [0.4, 0.5) is 11.5 Å². The highest BCUT2D eigenvalue weighted by Crippen LogP contribution is 2.38. The molecule has 1 saturated carbocycles. The molecule has 0 atom stereocenters. The van der Waals surface area contributed by atoms with E-state index >= 15 is 0 Å². The quantitative estimate of drug-likeness (QED) is 0.873. The van der Waals surface area contributed by atoms with Crippen molar-refractivity contribution in [3.63, 3.8) is 0 Å². The van der Waals surface area contributed by atoms with E-state index < -0.39 is 0 Å². The van der Waals surface area contributed by atoms with Gasteiger partial charge in [0.25, 0.3) is 0 Å². The van der Waals surface area contributed by atoms with Crippen molar-refractivity contribution in [2.45, 2.75) is 38.1 Å². The van der Waals surface area contributed by atoms with Crippen LogP contribution in [0.25, 0.3) is 10.8 Å². The second-order valence-corrected chi connectivity index (χ2v) is 6.08. The Labute approximate surface area is 124 Å². The van der Waals surface area contributed by atoms with Gasteiger partial charge in [0.15, 0.2) is 0 Å². The van der Waals surface area contributed by atoms with Gasteiger partial charge in [-0.15, -0.1) is 0 Å². The monoisotopic (exact) mass is 281 g/mol. The molecule has 2 heterocycles. The van der Waals surface area contributed by atoms with E-state index in [1.807, 2.05) is 6.20 Å². The average molecular weight is 281 g/mol. The van der Waals surface area contributed by atoms with Gasteiger partial charge in [-0.25, -0.2) is 4.98 Å². The van der Waals surface area contributed by atoms with Gasteiger partial charge in [-0.2, -0.15) is 0 Å². The third-order valence-electron chi connectivity index (χ3n) is 4.88. The first-order valence-corrected chi connectivity index (χ1v) is 7.68. The highest BCUT2D eigenvalue weighted by molar-refractivity contribution is 6.02. The van der Waals surface area contributed by atoms with Gasteiger partial charge in [-0.05, 0) is 30.9 Å². The van der Waals surface area contributed by atoms with Crippen LogP contribution < -0.4 is 10.6 Å². The van der Waals surface area contributed by atoms with E-state index in [0.717, 1.165) is 44.0 Å². The minimum atomic E-state index is 0.412. The van der Waals surface area contributed by atoms with Gasteiger partial charge in [-0.1, -0.05) is 12.1 Å². The number of carbonyl (C=O) groups is 1. The summed E-state index contributed by atoms with van der Waals surface area (Å²) >= 11 is 0. The maximum absolute atomic E-state index is 11.5. The van der Waals surface area contributed by atoms with Crippen LogP contribution >= 0.6 is 0 Å². The standard InChI is InChI=1S/C17H19N3O/c18-17-14-2-1-3-15-16(14)11(10-19-17)8-9-20(15)12-4-6-13(21)7-5-12/h1-3,10,12H,4-9H2,(H2,18,19). The molecule has 108 valence electrons. The van der Waals surface area contributed by atoms with Crippen LogP contribution in [-0.4, -0.2) is 23.4 Å². The second-order valence-electron chi connectivity index (χ2n) is 6.08. The third kappa shape index (κ3) is 1.97. The van der Waals surface area contributed by atoms with Gasteiger partial charge in [0.1, 0.15) is 11.6 Å². The fourth-order valence-electron chi connectivity index (χ4n) is 3.78. The lowest BCUT2D eigenvalue weighted by Crippen LogP contribution is -2.41. The molecule has 1 aromatic carbocycles. The van der Waals surface area contributed by atoms with Crippen molar-refractivity contribution in [1.82, 2.24) is 4.98 Å². The van der Waals surface area contributed by atoms with Crippen LogP contribution in [0.5, 0.6) is 0 Å². The number of rotatable bonds is 1. The number of nitrogens with two attached hydrogens (primary N) is 1. The largest absolute Gasteiger partial charge is 0.383 e. The number of nitrogen functional groups attached to an aromatic ring is 1. The predicted molar refractivity (Wildman–Crippen MR) is 84.5 cm³/mol. The van der Waals surface area contributed by atoms with E-state index in [0.29, 0.717) is 17.6 Å². The van der Waals surface area contributed by atoms with E-state index in [4.69, 9.17) is 5.73 Å². The Balaban J connectivity index is 1.80. The van der Waals surface area contributed by atoms with Crippen molar-refractivity contribution in [2.24, 2.45) is 0 Å². The first-order chi connectivity index (χ1) is 10.2. The lowest BCUT2D eigenvalue weighted by molar-refractivity contribution is -0.120. The number of carbonyl (C=O) groups excluding carboxylic acids is 1. The van der Waals surface area contributed by atoms with Crippen LogP contribution in [0, 0.1) is 0 Å². The summed E-state index contributed by atoms with van der Waals surface area (Å²) in [6.45, 7) is 1.01. The van der Waals surface area contributed by atoms with E-state index in [9.17, 15) is 4.79 Å². The first kappa shape index (κ1) is 12.6. The molecular formula is C17H19N3O. The van der Waals surface area contributed by atoms with Crippen molar-refractivity contribution in [2.75, 3.05) is 17.2 Å². The van der Waals surface area contributed by atoms with Crippen LogP contribution in [0.1, 0.15) is 31.2 Å². The molecule has 0 spiro atoms. The Bertz CT molecular complexity index is 715. The number of Topliss-reactive ketones (excluding diaryl/α,β-unsaturated/α-hetero) is 1. The van der Waals surface area contributed by atoms with Crippen LogP contribution in [-0.2, 0) is 11.2 Å². The zero-order chi connectivity index (χ0) is 14.4. The van der Waals surface area contributed by atoms with Gasteiger partial charge in [0, 0.05) is 48.1 Å². The number of anilines is 2. The molecule has 21 heavy (non-hydrogen) atoms. The summed E-state index contributed by atoms with van der Waals surface area (Å²) in [7, 11) is 0. The molecule has 0 bridgehead atoms. The number of aromatic nitrogens is 1. The smallest absolute Gasteiger partial charge is 0.133 e. The molecular weight excluding hydrogens is 262 g/mol. The molecule has 0 amide bonds. The SMILES string of the molecule is Nc1ncc2c3c(cccc13)N(C1CCC(=O)CC1)CC2. The topological polar surface area (TPSA) is 59.2 Å². The number of hydrogen-bond donors (Lipinski definition) is 1. The number of nitrogens with zero attached hydrogens (tertiary/aromatic N) is 2. The van der Waals surface area contributed by atoms with E-state index in [-0.39, 0.29) is 0 Å². The fourth-order valence-corrected chi connectivity index (χ4v) is 3.78. The lowest BCUT2D eigenvalue weighted by Gasteiger charge is -2.39. The molecule has 2 N–H and O–H groups in total. The van der Waals surface area contributed by atoms with E-state index in [1.165, 1.54) is 16.6 Å². The molecule has 1 aromatic heterocycles. The Kier molecular flexibility index (Phi) is 2.84. The summed E-state index contributed by atoms with van der Waals surface area (Å²) in [6.07, 6.45) is 6.33. The summed E-state index contributed by atoms with van der Waals surface area (Å²) in [4.78, 5) is 18.3. The minimum Gasteiger partial charge on any atom is -0.383 e. The summed E-state index contributed by atoms with van der Waals surface area (Å²) in [5.41, 5.74) is 8.60. The number of hydrogen-bond acceptors (Lipinski definition) is 4. The third-order valence-corrected chi connectivity index (χ3v) is 4.88. The maximum Gasteiger partial charge on any atom is 0.133 e. The van der Waals surface area contributed by atoms with Crippen molar-refractivity contribution in [3.05, 3.63) is 30.0 Å². The Morgan fingerprint density at radius 2 is 2.00 bits per heavy atom. The van der Waals surface area contributed by atoms with Gasteiger partial charge in [0.05, 0.1) is 0 Å². The molecule has 4 heteroatoms. The molecule has 0 unspecified atom stereocenters.